The van der Waals surface area contributed by atoms with Gasteiger partial charge in [-0.05, 0) is 109 Å². The summed E-state index contributed by atoms with van der Waals surface area (Å²) in [6.45, 7) is 31.7. The summed E-state index contributed by atoms with van der Waals surface area (Å²) in [4.78, 5) is 9.55. The van der Waals surface area contributed by atoms with Crippen molar-refractivity contribution in [2.75, 3.05) is 9.80 Å². The van der Waals surface area contributed by atoms with Crippen molar-refractivity contribution in [2.24, 2.45) is 0 Å². The van der Waals surface area contributed by atoms with Gasteiger partial charge in [0.15, 0.2) is 0 Å². The maximum atomic E-state index is 7.05. The van der Waals surface area contributed by atoms with Crippen LogP contribution in [0.1, 0.15) is 130 Å². The molecule has 2 aromatic heterocycles. The number of ether oxygens (including phenoxy) is 1. The minimum atomic E-state index is -0.0526. The molecule has 0 radical (unpaired) electrons. The molecule has 0 aliphatic carbocycles. The van der Waals surface area contributed by atoms with E-state index in [1.54, 1.807) is 0 Å². The summed E-state index contributed by atoms with van der Waals surface area (Å²) >= 11 is 0. The summed E-state index contributed by atoms with van der Waals surface area (Å²) in [6, 6.07) is 51.7. The van der Waals surface area contributed by atoms with E-state index in [4.69, 9.17) is 9.72 Å². The Morgan fingerprint density at radius 2 is 1.21 bits per heavy atom. The summed E-state index contributed by atoms with van der Waals surface area (Å²) in [5.74, 6) is 2.70. The summed E-state index contributed by atoms with van der Waals surface area (Å²) in [7, 11) is 0. The van der Waals surface area contributed by atoms with Gasteiger partial charge in [-0.25, -0.2) is 4.98 Å². The molecule has 0 saturated heterocycles. The first kappa shape index (κ1) is 46.9. The SMILES string of the molecule is CC(C)c1cccc(C(C)C)c1-c1cc(Oc2[c-]c3c(cc2)c2ccccc2n3-c2cc(C(C)(C)C)ccn2)[c-]c(N2[CH-]N(c3cccc(C(C)(C)C)c3)c3ccc(C(C)(C)C)cc32)c1.[Pt]. The van der Waals surface area contributed by atoms with Crippen molar-refractivity contribution in [1.82, 2.24) is 9.55 Å². The van der Waals surface area contributed by atoms with Crippen molar-refractivity contribution >= 4 is 44.6 Å². The normalized spacial score (nSPS) is 13.3. The van der Waals surface area contributed by atoms with Gasteiger partial charge in [0.05, 0.1) is 0 Å². The fourth-order valence-electron chi connectivity index (χ4n) is 9.19. The molecule has 0 spiro atoms. The predicted molar refractivity (Wildman–Crippen MR) is 274 cm³/mol. The van der Waals surface area contributed by atoms with Crippen LogP contribution in [0.5, 0.6) is 11.5 Å². The van der Waals surface area contributed by atoms with Crippen molar-refractivity contribution in [2.45, 2.75) is 118 Å². The van der Waals surface area contributed by atoms with Gasteiger partial charge in [0.25, 0.3) is 0 Å². The molecule has 0 amide bonds. The molecular formula is C60H63N4OPt-3. The zero-order valence-corrected chi connectivity index (χ0v) is 43.1. The molecule has 0 N–H and O–H groups in total. The number of para-hydroxylation sites is 1. The summed E-state index contributed by atoms with van der Waals surface area (Å²) in [5.41, 5.74) is 14.9. The average molecular weight is 1050 g/mol. The van der Waals surface area contributed by atoms with Gasteiger partial charge in [0, 0.05) is 61.3 Å². The molecule has 0 fully saturated rings. The Morgan fingerprint density at radius 3 is 1.89 bits per heavy atom. The van der Waals surface area contributed by atoms with E-state index in [1.807, 2.05) is 12.3 Å². The zero-order valence-electron chi connectivity index (χ0n) is 40.9. The molecule has 8 aromatic rings. The largest absolute Gasteiger partial charge is 0.509 e. The predicted octanol–water partition coefficient (Wildman–Crippen LogP) is 16.8. The number of benzene rings is 6. The number of rotatable bonds is 8. The van der Waals surface area contributed by atoms with Gasteiger partial charge in [-0.3, -0.25) is 0 Å². The topological polar surface area (TPSA) is 33.5 Å². The van der Waals surface area contributed by atoms with Crippen LogP contribution in [-0.4, -0.2) is 9.55 Å². The third kappa shape index (κ3) is 8.84. The molecule has 1 aliphatic rings. The molecule has 3 heterocycles. The fourth-order valence-corrected chi connectivity index (χ4v) is 9.19. The number of hydrogen-bond donors (Lipinski definition) is 0. The number of anilines is 4. The maximum absolute atomic E-state index is 7.05. The molecule has 0 unspecified atom stereocenters. The van der Waals surface area contributed by atoms with Gasteiger partial charge in [-0.2, -0.15) is 6.07 Å². The minimum absolute atomic E-state index is 0. The van der Waals surface area contributed by atoms with E-state index in [0.29, 0.717) is 23.3 Å². The first-order valence-electron chi connectivity index (χ1n) is 23.3. The van der Waals surface area contributed by atoms with E-state index in [0.717, 1.165) is 55.9 Å². The monoisotopic (exact) mass is 1050 g/mol. The van der Waals surface area contributed by atoms with Gasteiger partial charge >= 0.3 is 0 Å². The molecular weight excluding hydrogens is 988 g/mol. The summed E-state index contributed by atoms with van der Waals surface area (Å²) in [6.07, 6.45) is 1.92. The van der Waals surface area contributed by atoms with Gasteiger partial charge < -0.3 is 19.1 Å². The number of nitrogens with zero attached hydrogens (tertiary/aromatic N) is 4. The van der Waals surface area contributed by atoms with Crippen LogP contribution in [0.25, 0.3) is 38.8 Å². The fraction of sp³-hybridized carbons (Fsp3) is 0.300. The molecule has 0 bridgehead atoms. The van der Waals surface area contributed by atoms with E-state index in [-0.39, 0.29) is 37.3 Å². The second kappa shape index (κ2) is 17.5. The third-order valence-corrected chi connectivity index (χ3v) is 13.0. The van der Waals surface area contributed by atoms with Crippen LogP contribution in [0, 0.1) is 18.8 Å². The second-order valence-corrected chi connectivity index (χ2v) is 21.5. The molecule has 1 aliphatic heterocycles. The Balaban J connectivity index is 0.00000592. The number of hydrogen-bond acceptors (Lipinski definition) is 4. The maximum Gasteiger partial charge on any atom is 0.135 e. The molecule has 0 saturated carbocycles. The number of pyridine rings is 1. The molecule has 6 heteroatoms. The Morgan fingerprint density at radius 1 is 0.561 bits per heavy atom. The standard InChI is InChI=1S/C60H63N4O.Pt/c1-38(2)48-21-17-22-49(39(3)4)57(48)40-30-45(63-37-62(44-19-16-18-41(32-44)58(5,6)7)53-27-24-42(33-55(53)63)59(8,9)10)35-47(31-40)65-46-25-26-51-50-20-14-15-23-52(50)64(54(51)36-46)56-34-43(28-29-61-56)60(11,12)13;/h14-34,37-39H,1-13H3;/q-3;. The summed E-state index contributed by atoms with van der Waals surface area (Å²) < 4.78 is 9.27. The Kier molecular flexibility index (Phi) is 12.5. The van der Waals surface area contributed by atoms with Gasteiger partial charge in [0.1, 0.15) is 5.82 Å². The Bertz CT molecular complexity index is 3060. The minimum Gasteiger partial charge on any atom is -0.509 e. The van der Waals surface area contributed by atoms with Crippen LogP contribution < -0.4 is 14.5 Å². The van der Waals surface area contributed by atoms with Crippen LogP contribution >= 0.6 is 0 Å². The van der Waals surface area contributed by atoms with E-state index < -0.39 is 0 Å². The van der Waals surface area contributed by atoms with Crippen molar-refractivity contribution in [3.8, 4) is 28.4 Å². The average Bonchev–Trinajstić information content (AvgIpc) is 3.81. The third-order valence-electron chi connectivity index (χ3n) is 13.0. The molecule has 66 heavy (non-hydrogen) atoms. The number of fused-ring (bicyclic) bond motifs is 4. The van der Waals surface area contributed by atoms with E-state index in [2.05, 4.69) is 238 Å². The van der Waals surface area contributed by atoms with Crippen LogP contribution in [-0.2, 0) is 37.3 Å². The van der Waals surface area contributed by atoms with Crippen molar-refractivity contribution in [3.63, 3.8) is 0 Å². The molecule has 0 atom stereocenters. The van der Waals surface area contributed by atoms with Crippen molar-refractivity contribution < 1.29 is 25.8 Å². The van der Waals surface area contributed by atoms with Crippen LogP contribution in [0.2, 0.25) is 0 Å². The van der Waals surface area contributed by atoms with E-state index >= 15 is 0 Å². The van der Waals surface area contributed by atoms with Crippen LogP contribution in [0.15, 0.2) is 128 Å². The van der Waals surface area contributed by atoms with Gasteiger partial charge in [-0.1, -0.05) is 150 Å². The second-order valence-electron chi connectivity index (χ2n) is 21.5. The molecule has 6 aromatic carbocycles. The van der Waals surface area contributed by atoms with E-state index in [1.165, 1.54) is 33.4 Å². The van der Waals surface area contributed by atoms with E-state index in [9.17, 15) is 0 Å². The summed E-state index contributed by atoms with van der Waals surface area (Å²) in [5, 5.41) is 2.24. The quantitative estimate of drug-likeness (QED) is 0.142. The molecule has 342 valence electrons. The Hall–Kier alpha value is -5.64. The van der Waals surface area contributed by atoms with Crippen LogP contribution in [0.4, 0.5) is 22.7 Å². The molecule has 5 nitrogen and oxygen atoms in total. The van der Waals surface area contributed by atoms with Crippen molar-refractivity contribution in [1.29, 1.82) is 0 Å². The zero-order chi connectivity index (χ0) is 46.2. The first-order chi connectivity index (χ1) is 30.8. The first-order valence-corrected chi connectivity index (χ1v) is 23.3. The van der Waals surface area contributed by atoms with Gasteiger partial charge in [0.2, 0.25) is 0 Å². The van der Waals surface area contributed by atoms with Crippen LogP contribution in [0.3, 0.4) is 0 Å². The van der Waals surface area contributed by atoms with Gasteiger partial charge in [-0.15, -0.1) is 53.6 Å². The number of aromatic nitrogens is 2. The Labute approximate surface area is 408 Å². The molecule has 9 rings (SSSR count). The smallest absolute Gasteiger partial charge is 0.135 e. The van der Waals surface area contributed by atoms with Crippen molar-refractivity contribution in [3.05, 3.63) is 174 Å².